The normalized spacial score (nSPS) is 17.3. The van der Waals surface area contributed by atoms with Crippen molar-refractivity contribution in [2.24, 2.45) is 5.41 Å². The molecule has 31 heavy (non-hydrogen) atoms. The third-order valence-corrected chi connectivity index (χ3v) is 7.36. The molecule has 4 aromatic rings. The molecule has 2 N–H and O–H groups in total. The summed E-state index contributed by atoms with van der Waals surface area (Å²) in [6.45, 7) is 6.10. The Balaban J connectivity index is 1.41. The highest BCUT2D eigenvalue weighted by atomic mass is 35.5. The first kappa shape index (κ1) is 19.1. The monoisotopic (exact) mass is 453 g/mol. The van der Waals surface area contributed by atoms with Crippen LogP contribution in [0.25, 0.3) is 22.1 Å². The van der Waals surface area contributed by atoms with Crippen molar-refractivity contribution in [2.45, 2.75) is 23.4 Å². The van der Waals surface area contributed by atoms with E-state index in [0.29, 0.717) is 26.6 Å². The van der Waals surface area contributed by atoms with E-state index >= 15 is 0 Å². The maximum atomic E-state index is 12.1. The highest BCUT2D eigenvalue weighted by molar-refractivity contribution is 7.99. The molecule has 0 amide bonds. The molecule has 0 aliphatic carbocycles. The minimum absolute atomic E-state index is 0.366. The van der Waals surface area contributed by atoms with Crippen molar-refractivity contribution in [1.82, 2.24) is 25.3 Å². The first-order valence-corrected chi connectivity index (χ1v) is 11.4. The fourth-order valence-electron chi connectivity index (χ4n) is 4.41. The second-order valence-electron chi connectivity index (χ2n) is 8.30. The molecular formula is C21H20ClN7OS. The topological polar surface area (TPSA) is 96.7 Å². The van der Waals surface area contributed by atoms with Crippen molar-refractivity contribution in [1.29, 1.82) is 0 Å². The zero-order chi connectivity index (χ0) is 21.2. The lowest BCUT2D eigenvalue weighted by Gasteiger charge is -2.56. The lowest BCUT2D eigenvalue weighted by molar-refractivity contribution is -0.577. The van der Waals surface area contributed by atoms with Gasteiger partial charge < -0.3 is 20.4 Å². The van der Waals surface area contributed by atoms with Crippen LogP contribution in [0.15, 0.2) is 40.6 Å². The van der Waals surface area contributed by atoms with Crippen LogP contribution >= 0.6 is 23.4 Å². The highest BCUT2D eigenvalue weighted by Gasteiger charge is 2.48. The number of nitrogens with one attached hydrogen (secondary N) is 2. The maximum Gasteiger partial charge on any atom is 0.243 e. The standard InChI is InChI=1S/C21H20ClN7OS/c1-2-13-17(22)16-18(25-13)26-20(27-19(16)28-10-21(11-28)8-23-9-21)31-12-6-15-14(24-7-12)4-3-5-29(15)30/h3-7,23H,2,8-11H2,1H3,(H,25,26,27). The molecule has 0 bridgehead atoms. The number of fused-ring (bicyclic) bond motifs is 2. The minimum Gasteiger partial charge on any atom is -0.618 e. The summed E-state index contributed by atoms with van der Waals surface area (Å²) in [5.41, 5.74) is 3.25. The summed E-state index contributed by atoms with van der Waals surface area (Å²) in [7, 11) is 0. The van der Waals surface area contributed by atoms with Crippen LogP contribution < -0.4 is 14.9 Å². The van der Waals surface area contributed by atoms with Gasteiger partial charge in [0, 0.05) is 60.5 Å². The molecule has 6 heterocycles. The van der Waals surface area contributed by atoms with Gasteiger partial charge in [0.25, 0.3) is 0 Å². The van der Waals surface area contributed by atoms with Gasteiger partial charge in [0.05, 0.1) is 10.4 Å². The lowest BCUT2D eigenvalue weighted by atomic mass is 9.74. The third kappa shape index (κ3) is 3.02. The first-order chi connectivity index (χ1) is 15.0. The summed E-state index contributed by atoms with van der Waals surface area (Å²) < 4.78 is 0.826. The largest absolute Gasteiger partial charge is 0.618 e. The summed E-state index contributed by atoms with van der Waals surface area (Å²) in [5, 5.41) is 17.7. The molecule has 6 rings (SSSR count). The van der Waals surface area contributed by atoms with Crippen molar-refractivity contribution in [2.75, 3.05) is 31.1 Å². The van der Waals surface area contributed by atoms with E-state index in [1.165, 1.54) is 18.0 Å². The Morgan fingerprint density at radius 3 is 2.90 bits per heavy atom. The highest BCUT2D eigenvalue weighted by Crippen LogP contribution is 2.42. The van der Waals surface area contributed by atoms with Crippen LogP contribution in [0.1, 0.15) is 12.6 Å². The second-order valence-corrected chi connectivity index (χ2v) is 9.71. The van der Waals surface area contributed by atoms with Crippen LogP contribution in [0.4, 0.5) is 5.82 Å². The van der Waals surface area contributed by atoms with Gasteiger partial charge in [-0.15, -0.1) is 0 Å². The van der Waals surface area contributed by atoms with Crippen molar-refractivity contribution in [3.63, 3.8) is 0 Å². The third-order valence-electron chi connectivity index (χ3n) is 6.12. The second kappa shape index (κ2) is 6.94. The van der Waals surface area contributed by atoms with E-state index in [0.717, 1.165) is 64.8 Å². The molecule has 2 aliphatic rings. The average molecular weight is 454 g/mol. The van der Waals surface area contributed by atoms with Crippen molar-refractivity contribution in [3.8, 4) is 0 Å². The number of hydrogen-bond acceptors (Lipinski definition) is 7. The summed E-state index contributed by atoms with van der Waals surface area (Å²) in [4.78, 5) is 20.5. The van der Waals surface area contributed by atoms with Gasteiger partial charge in [-0.2, -0.15) is 4.73 Å². The molecule has 0 radical (unpaired) electrons. The van der Waals surface area contributed by atoms with Crippen LogP contribution in [0, 0.1) is 10.6 Å². The molecule has 10 heteroatoms. The number of halogens is 1. The fraction of sp³-hybridized carbons (Fsp3) is 0.333. The molecule has 2 fully saturated rings. The predicted octanol–water partition coefficient (Wildman–Crippen LogP) is 2.92. The summed E-state index contributed by atoms with van der Waals surface area (Å²) >= 11 is 8.09. The Kier molecular flexibility index (Phi) is 4.28. The predicted molar refractivity (Wildman–Crippen MR) is 121 cm³/mol. The Morgan fingerprint density at radius 1 is 1.32 bits per heavy atom. The van der Waals surface area contributed by atoms with Crippen LogP contribution in [0.2, 0.25) is 5.02 Å². The van der Waals surface area contributed by atoms with Crippen molar-refractivity contribution >= 4 is 51.2 Å². The quantitative estimate of drug-likeness (QED) is 0.278. The Labute approximate surface area is 187 Å². The molecular weight excluding hydrogens is 434 g/mol. The van der Waals surface area contributed by atoms with E-state index in [-0.39, 0.29) is 0 Å². The van der Waals surface area contributed by atoms with E-state index < -0.39 is 0 Å². The van der Waals surface area contributed by atoms with Gasteiger partial charge in [0.2, 0.25) is 5.52 Å². The zero-order valence-electron chi connectivity index (χ0n) is 16.9. The molecule has 4 aromatic heterocycles. The number of aromatic nitrogens is 5. The van der Waals surface area contributed by atoms with Gasteiger partial charge in [-0.05, 0) is 24.2 Å². The molecule has 2 aliphatic heterocycles. The number of hydrogen-bond donors (Lipinski definition) is 2. The van der Waals surface area contributed by atoms with Gasteiger partial charge in [-0.1, -0.05) is 18.5 Å². The zero-order valence-corrected chi connectivity index (χ0v) is 18.4. The van der Waals surface area contributed by atoms with Gasteiger partial charge in [0.1, 0.15) is 17.0 Å². The van der Waals surface area contributed by atoms with Gasteiger partial charge in [-0.25, -0.2) is 15.0 Å². The number of anilines is 1. The Hall–Kier alpha value is -2.62. The van der Waals surface area contributed by atoms with E-state index in [2.05, 4.69) is 27.1 Å². The molecule has 1 spiro atoms. The van der Waals surface area contributed by atoms with Crippen LogP contribution in [0.5, 0.6) is 0 Å². The minimum atomic E-state index is 0.366. The summed E-state index contributed by atoms with van der Waals surface area (Å²) in [5.74, 6) is 0.874. The van der Waals surface area contributed by atoms with E-state index in [1.807, 2.05) is 12.1 Å². The molecule has 8 nitrogen and oxygen atoms in total. The molecule has 158 valence electrons. The molecule has 0 unspecified atom stereocenters. The SMILES string of the molecule is CCc1[nH]c2nc(Sc3cnc4ccc[n+]([O-])c4c3)nc(N3CC4(CNC4)C3)c2c1Cl. The number of pyridine rings is 2. The fourth-order valence-corrected chi connectivity index (χ4v) is 5.52. The summed E-state index contributed by atoms with van der Waals surface area (Å²) in [6, 6.07) is 5.34. The van der Waals surface area contributed by atoms with Gasteiger partial charge in [0.15, 0.2) is 11.4 Å². The average Bonchev–Trinajstić information content (AvgIpc) is 3.02. The number of aryl methyl sites for hydroxylation is 1. The maximum absolute atomic E-state index is 12.1. The van der Waals surface area contributed by atoms with Crippen molar-refractivity contribution < 1.29 is 4.73 Å². The van der Waals surface area contributed by atoms with Crippen LogP contribution in [-0.2, 0) is 6.42 Å². The molecule has 0 saturated carbocycles. The smallest absolute Gasteiger partial charge is 0.243 e. The Morgan fingerprint density at radius 2 is 2.16 bits per heavy atom. The van der Waals surface area contributed by atoms with E-state index in [1.54, 1.807) is 12.3 Å². The number of aromatic amines is 1. The van der Waals surface area contributed by atoms with E-state index in [4.69, 9.17) is 21.6 Å². The van der Waals surface area contributed by atoms with Gasteiger partial charge >= 0.3 is 0 Å². The number of H-pyrrole nitrogens is 1. The summed E-state index contributed by atoms with van der Waals surface area (Å²) in [6.07, 6.45) is 4.02. The van der Waals surface area contributed by atoms with Crippen molar-refractivity contribution in [3.05, 3.63) is 46.5 Å². The van der Waals surface area contributed by atoms with Crippen LogP contribution in [-0.4, -0.2) is 46.1 Å². The van der Waals surface area contributed by atoms with E-state index in [9.17, 15) is 5.21 Å². The molecule has 0 aromatic carbocycles. The number of nitrogens with zero attached hydrogens (tertiary/aromatic N) is 5. The Bertz CT molecular complexity index is 1330. The van der Waals surface area contributed by atoms with Gasteiger partial charge in [-0.3, -0.25) is 0 Å². The first-order valence-electron chi connectivity index (χ1n) is 10.2. The molecule has 2 saturated heterocycles. The number of rotatable bonds is 4. The molecule has 0 atom stereocenters. The van der Waals surface area contributed by atoms with Crippen LogP contribution in [0.3, 0.4) is 0 Å². The lowest BCUT2D eigenvalue weighted by Crippen LogP contribution is -2.71.